The van der Waals surface area contributed by atoms with Crippen LogP contribution in [0, 0.1) is 5.92 Å². The molecule has 0 radical (unpaired) electrons. The first-order valence-corrected chi connectivity index (χ1v) is 7.32. The fourth-order valence-corrected chi connectivity index (χ4v) is 2.91. The molecule has 3 rings (SSSR count). The summed E-state index contributed by atoms with van der Waals surface area (Å²) in [6.07, 6.45) is 7.02. The molecule has 20 heavy (non-hydrogen) atoms. The van der Waals surface area contributed by atoms with E-state index in [9.17, 15) is 4.79 Å². The van der Waals surface area contributed by atoms with Gasteiger partial charge in [0.2, 0.25) is 5.91 Å². The van der Waals surface area contributed by atoms with Crippen LogP contribution in [0.25, 0.3) is 0 Å². The van der Waals surface area contributed by atoms with Crippen LogP contribution in [0.4, 0.5) is 11.4 Å². The molecule has 1 aliphatic carbocycles. The Balaban J connectivity index is 1.66. The van der Waals surface area contributed by atoms with Crippen molar-refractivity contribution in [1.82, 2.24) is 0 Å². The van der Waals surface area contributed by atoms with Crippen molar-refractivity contribution in [2.75, 3.05) is 23.3 Å². The van der Waals surface area contributed by atoms with Crippen molar-refractivity contribution < 1.29 is 4.79 Å². The topological polar surface area (TPSA) is 58.4 Å². The van der Waals surface area contributed by atoms with E-state index in [4.69, 9.17) is 5.73 Å². The van der Waals surface area contributed by atoms with Gasteiger partial charge in [0.15, 0.2) is 0 Å². The number of carbonyl (C=O) groups is 1. The average molecular weight is 271 g/mol. The molecule has 1 saturated heterocycles. The molecule has 1 aromatic rings. The van der Waals surface area contributed by atoms with Gasteiger partial charge < -0.3 is 16.0 Å². The molecule has 1 heterocycles. The fraction of sp³-hybridized carbons (Fsp3) is 0.438. The predicted octanol–water partition coefficient (Wildman–Crippen LogP) is 2.13. The second-order valence-electron chi connectivity index (χ2n) is 5.62. The van der Waals surface area contributed by atoms with Gasteiger partial charge >= 0.3 is 0 Å². The molecular formula is C16H21N3O. The minimum absolute atomic E-state index is 0.0154. The van der Waals surface area contributed by atoms with E-state index in [1.54, 1.807) is 0 Å². The highest BCUT2D eigenvalue weighted by Gasteiger charge is 2.22. The van der Waals surface area contributed by atoms with Gasteiger partial charge in [-0.1, -0.05) is 18.2 Å². The molecule has 1 amide bonds. The molecule has 1 fully saturated rings. The second kappa shape index (κ2) is 5.67. The number of rotatable bonds is 3. The molecule has 3 N–H and O–H groups in total. The third kappa shape index (κ3) is 2.85. The zero-order valence-corrected chi connectivity index (χ0v) is 11.6. The van der Waals surface area contributed by atoms with E-state index in [1.807, 2.05) is 24.3 Å². The van der Waals surface area contributed by atoms with Crippen LogP contribution in [0.5, 0.6) is 0 Å². The monoisotopic (exact) mass is 271 g/mol. The molecule has 1 aliphatic heterocycles. The molecular weight excluding hydrogens is 250 g/mol. The fourth-order valence-electron chi connectivity index (χ4n) is 2.91. The summed E-state index contributed by atoms with van der Waals surface area (Å²) >= 11 is 0. The number of hydrogen-bond donors (Lipinski definition) is 2. The molecule has 0 bridgehead atoms. The van der Waals surface area contributed by atoms with Gasteiger partial charge in [-0.2, -0.15) is 0 Å². The molecule has 0 saturated carbocycles. The van der Waals surface area contributed by atoms with Gasteiger partial charge in [-0.25, -0.2) is 0 Å². The number of anilines is 2. The standard InChI is InChI=1S/C16H21N3O/c17-13-7-6-12(10-13)16(20)18-14-4-3-5-15(11-14)19-8-1-2-9-19/h3-7,11-13H,1-2,8-10,17H2,(H,18,20). The number of nitrogens with two attached hydrogens (primary N) is 1. The number of carbonyl (C=O) groups excluding carboxylic acids is 1. The van der Waals surface area contributed by atoms with E-state index in [-0.39, 0.29) is 17.9 Å². The predicted molar refractivity (Wildman–Crippen MR) is 81.7 cm³/mol. The Labute approximate surface area is 119 Å². The summed E-state index contributed by atoms with van der Waals surface area (Å²) in [4.78, 5) is 14.5. The molecule has 4 heteroatoms. The van der Waals surface area contributed by atoms with Crippen LogP contribution < -0.4 is 16.0 Å². The minimum Gasteiger partial charge on any atom is -0.371 e. The van der Waals surface area contributed by atoms with Crippen LogP contribution in [-0.2, 0) is 4.79 Å². The highest BCUT2D eigenvalue weighted by Crippen LogP contribution is 2.24. The van der Waals surface area contributed by atoms with Gasteiger partial charge in [0.1, 0.15) is 0 Å². The number of nitrogens with one attached hydrogen (secondary N) is 1. The van der Waals surface area contributed by atoms with E-state index in [0.717, 1.165) is 18.8 Å². The maximum Gasteiger partial charge on any atom is 0.231 e. The quantitative estimate of drug-likeness (QED) is 0.828. The maximum absolute atomic E-state index is 12.2. The van der Waals surface area contributed by atoms with Crippen molar-refractivity contribution in [2.24, 2.45) is 11.7 Å². The normalized spacial score (nSPS) is 25.1. The van der Waals surface area contributed by atoms with Gasteiger partial charge in [-0.15, -0.1) is 0 Å². The zero-order chi connectivity index (χ0) is 13.9. The van der Waals surface area contributed by atoms with Crippen LogP contribution in [0.1, 0.15) is 19.3 Å². The van der Waals surface area contributed by atoms with Gasteiger partial charge in [0.25, 0.3) is 0 Å². The van der Waals surface area contributed by atoms with Gasteiger partial charge in [0.05, 0.1) is 5.92 Å². The summed E-state index contributed by atoms with van der Waals surface area (Å²) in [5.41, 5.74) is 7.85. The van der Waals surface area contributed by atoms with Crippen molar-refractivity contribution in [3.8, 4) is 0 Å². The summed E-state index contributed by atoms with van der Waals surface area (Å²) in [7, 11) is 0. The average Bonchev–Trinajstić information content (AvgIpc) is 3.10. The first kappa shape index (κ1) is 13.2. The summed E-state index contributed by atoms with van der Waals surface area (Å²) < 4.78 is 0. The van der Waals surface area contributed by atoms with Crippen LogP contribution in [0.2, 0.25) is 0 Å². The van der Waals surface area contributed by atoms with Crippen molar-refractivity contribution in [3.63, 3.8) is 0 Å². The third-order valence-corrected chi connectivity index (χ3v) is 4.04. The largest absolute Gasteiger partial charge is 0.371 e. The Morgan fingerprint density at radius 3 is 2.75 bits per heavy atom. The van der Waals surface area contributed by atoms with E-state index >= 15 is 0 Å². The number of nitrogens with zero attached hydrogens (tertiary/aromatic N) is 1. The molecule has 2 unspecified atom stereocenters. The van der Waals surface area contributed by atoms with Gasteiger partial charge in [0, 0.05) is 30.5 Å². The van der Waals surface area contributed by atoms with Gasteiger partial charge in [-0.05, 0) is 37.5 Å². The molecule has 0 aromatic heterocycles. The highest BCUT2D eigenvalue weighted by atomic mass is 16.1. The van der Waals surface area contributed by atoms with Crippen LogP contribution in [-0.4, -0.2) is 25.0 Å². The first-order valence-electron chi connectivity index (χ1n) is 7.32. The first-order chi connectivity index (χ1) is 9.72. The smallest absolute Gasteiger partial charge is 0.231 e. The van der Waals surface area contributed by atoms with Crippen molar-refractivity contribution >= 4 is 17.3 Å². The molecule has 2 atom stereocenters. The summed E-state index contributed by atoms with van der Waals surface area (Å²) in [5, 5.41) is 3.00. The molecule has 2 aliphatic rings. The molecule has 0 spiro atoms. The Morgan fingerprint density at radius 1 is 1.25 bits per heavy atom. The van der Waals surface area contributed by atoms with E-state index in [1.165, 1.54) is 18.5 Å². The Hall–Kier alpha value is -1.81. The summed E-state index contributed by atoms with van der Waals surface area (Å²) in [6.45, 7) is 2.22. The van der Waals surface area contributed by atoms with Crippen molar-refractivity contribution in [1.29, 1.82) is 0 Å². The van der Waals surface area contributed by atoms with Crippen LogP contribution >= 0.6 is 0 Å². The molecule has 1 aromatic carbocycles. The lowest BCUT2D eigenvalue weighted by atomic mass is 10.1. The Bertz CT molecular complexity index is 520. The molecule has 4 nitrogen and oxygen atoms in total. The summed E-state index contributed by atoms with van der Waals surface area (Å²) in [5.74, 6) is -0.0618. The van der Waals surface area contributed by atoms with Gasteiger partial charge in [-0.3, -0.25) is 4.79 Å². The van der Waals surface area contributed by atoms with E-state index < -0.39 is 0 Å². The Morgan fingerprint density at radius 2 is 2.05 bits per heavy atom. The summed E-state index contributed by atoms with van der Waals surface area (Å²) in [6, 6.07) is 8.12. The lowest BCUT2D eigenvalue weighted by molar-refractivity contribution is -0.118. The van der Waals surface area contributed by atoms with E-state index in [2.05, 4.69) is 22.3 Å². The maximum atomic E-state index is 12.2. The lowest BCUT2D eigenvalue weighted by Gasteiger charge is -2.19. The minimum atomic E-state index is -0.0968. The van der Waals surface area contributed by atoms with Crippen LogP contribution in [0.3, 0.4) is 0 Å². The van der Waals surface area contributed by atoms with E-state index in [0.29, 0.717) is 6.42 Å². The highest BCUT2D eigenvalue weighted by molar-refractivity contribution is 5.94. The SMILES string of the molecule is NC1C=CC(C(=O)Nc2cccc(N3CCCC3)c2)C1. The Kier molecular flexibility index (Phi) is 3.74. The number of amides is 1. The zero-order valence-electron chi connectivity index (χ0n) is 11.6. The van der Waals surface area contributed by atoms with Crippen molar-refractivity contribution in [3.05, 3.63) is 36.4 Å². The molecule has 106 valence electrons. The third-order valence-electron chi connectivity index (χ3n) is 4.04. The van der Waals surface area contributed by atoms with Crippen molar-refractivity contribution in [2.45, 2.75) is 25.3 Å². The lowest BCUT2D eigenvalue weighted by Crippen LogP contribution is -2.24. The second-order valence-corrected chi connectivity index (χ2v) is 5.62. The number of benzene rings is 1. The van der Waals surface area contributed by atoms with Crippen LogP contribution in [0.15, 0.2) is 36.4 Å². The number of hydrogen-bond acceptors (Lipinski definition) is 3.